The molecule has 166 valence electrons. The summed E-state index contributed by atoms with van der Waals surface area (Å²) in [4.78, 5) is 24.5. The van der Waals surface area contributed by atoms with Gasteiger partial charge in [0, 0.05) is 5.02 Å². The smallest absolute Gasteiger partial charge is 0.343 e. The Bertz CT molecular complexity index is 1180. The van der Waals surface area contributed by atoms with Crippen molar-refractivity contribution in [2.45, 2.75) is 20.4 Å². The number of methoxy groups -OCH3 is 1. The maximum atomic E-state index is 12.3. The van der Waals surface area contributed by atoms with Gasteiger partial charge in [0.15, 0.2) is 11.5 Å². The molecule has 2 aromatic carbocycles. The zero-order chi connectivity index (χ0) is 23.3. The highest BCUT2D eigenvalue weighted by Crippen LogP contribution is 2.28. The van der Waals surface area contributed by atoms with Crippen LogP contribution in [0.15, 0.2) is 52.0 Å². The number of benzene rings is 2. The topological polar surface area (TPSA) is 94.8 Å². The molecule has 0 aliphatic rings. The fourth-order valence-electron chi connectivity index (χ4n) is 2.77. The summed E-state index contributed by atoms with van der Waals surface area (Å²) in [5.41, 5.74) is 5.13. The number of nitrogens with zero attached hydrogens (tertiary/aromatic N) is 3. The molecule has 0 fully saturated rings. The Hall–Kier alpha value is -3.17. The molecule has 1 heterocycles. The number of rotatable bonds is 7. The zero-order valence-electron chi connectivity index (χ0n) is 17.6. The van der Waals surface area contributed by atoms with Crippen LogP contribution in [0.2, 0.25) is 5.02 Å². The summed E-state index contributed by atoms with van der Waals surface area (Å²) in [6.07, 6.45) is 1.46. The number of aryl methyl sites for hydroxylation is 1. The van der Waals surface area contributed by atoms with Crippen molar-refractivity contribution < 1.29 is 19.1 Å². The normalized spacial score (nSPS) is 10.9. The number of nitrogens with one attached hydrogen (secondary N) is 1. The quantitative estimate of drug-likeness (QED) is 0.217. The molecule has 0 saturated heterocycles. The van der Waals surface area contributed by atoms with E-state index in [4.69, 9.17) is 21.1 Å². The number of ether oxygens (including phenoxy) is 2. The molecule has 0 saturated carbocycles. The third kappa shape index (κ3) is 5.74. The molecule has 3 aromatic rings. The van der Waals surface area contributed by atoms with Crippen molar-refractivity contribution >= 4 is 45.6 Å². The van der Waals surface area contributed by atoms with Crippen LogP contribution in [-0.2, 0) is 11.3 Å². The van der Waals surface area contributed by atoms with E-state index < -0.39 is 5.97 Å². The predicted molar refractivity (Wildman–Crippen MR) is 125 cm³/mol. The lowest BCUT2D eigenvalue weighted by Crippen LogP contribution is -2.24. The fraction of sp³-hybridized carbons (Fsp3) is 0.182. The molecule has 0 spiro atoms. The maximum absolute atomic E-state index is 12.3. The average Bonchev–Trinajstić information content (AvgIpc) is 3.01. The molecule has 0 atom stereocenters. The Labute approximate surface area is 198 Å². The van der Waals surface area contributed by atoms with E-state index in [1.54, 1.807) is 47.1 Å². The lowest BCUT2D eigenvalue weighted by molar-refractivity contribution is -0.121. The number of hydrogen-bond acceptors (Lipinski definition) is 6. The van der Waals surface area contributed by atoms with Crippen LogP contribution in [0.3, 0.4) is 0 Å². The van der Waals surface area contributed by atoms with Gasteiger partial charge in [0.1, 0.15) is 6.54 Å². The SMILES string of the molecule is COc1cc(C=NNC(=O)Cn2nc(C)c(Br)c2C)ccc1OC(=O)c1ccc(Cl)cc1. The monoisotopic (exact) mass is 518 g/mol. The van der Waals surface area contributed by atoms with Crippen molar-refractivity contribution in [3.63, 3.8) is 0 Å². The third-order valence-electron chi connectivity index (χ3n) is 4.46. The van der Waals surface area contributed by atoms with E-state index >= 15 is 0 Å². The number of halogens is 2. The van der Waals surface area contributed by atoms with Gasteiger partial charge >= 0.3 is 5.97 Å². The average molecular weight is 520 g/mol. The zero-order valence-corrected chi connectivity index (χ0v) is 19.9. The minimum Gasteiger partial charge on any atom is -0.493 e. The molecule has 0 bridgehead atoms. The third-order valence-corrected chi connectivity index (χ3v) is 5.86. The first-order chi connectivity index (χ1) is 15.3. The van der Waals surface area contributed by atoms with E-state index in [1.807, 2.05) is 13.8 Å². The molecular formula is C22H20BrClN4O4. The van der Waals surface area contributed by atoms with Gasteiger partial charge in [-0.3, -0.25) is 9.48 Å². The minimum absolute atomic E-state index is 0.0402. The number of hydrogen-bond donors (Lipinski definition) is 1. The van der Waals surface area contributed by atoms with Crippen molar-refractivity contribution in [1.29, 1.82) is 0 Å². The van der Waals surface area contributed by atoms with Gasteiger partial charge in [0.2, 0.25) is 0 Å². The summed E-state index contributed by atoms with van der Waals surface area (Å²) in [6, 6.07) is 11.3. The standard InChI is InChI=1S/C22H20BrClN4O4/c1-13-21(23)14(2)28(27-13)12-20(29)26-25-11-15-4-9-18(19(10-15)31-3)32-22(30)16-5-7-17(24)8-6-16/h4-11H,12H2,1-3H3,(H,26,29). The van der Waals surface area contributed by atoms with Crippen LogP contribution < -0.4 is 14.9 Å². The fourth-order valence-corrected chi connectivity index (χ4v) is 3.18. The predicted octanol–water partition coefficient (Wildman–Crippen LogP) is 4.29. The molecule has 0 unspecified atom stereocenters. The van der Waals surface area contributed by atoms with Gasteiger partial charge in [-0.2, -0.15) is 10.2 Å². The highest BCUT2D eigenvalue weighted by molar-refractivity contribution is 9.10. The second kappa shape index (κ2) is 10.4. The van der Waals surface area contributed by atoms with Gasteiger partial charge in [-0.25, -0.2) is 10.2 Å². The molecule has 10 heteroatoms. The van der Waals surface area contributed by atoms with Gasteiger partial charge in [0.25, 0.3) is 5.91 Å². The van der Waals surface area contributed by atoms with Crippen LogP contribution in [0.25, 0.3) is 0 Å². The molecule has 32 heavy (non-hydrogen) atoms. The Morgan fingerprint density at radius 3 is 2.53 bits per heavy atom. The van der Waals surface area contributed by atoms with Gasteiger partial charge in [0.05, 0.1) is 34.7 Å². The molecule has 8 nitrogen and oxygen atoms in total. The van der Waals surface area contributed by atoms with Gasteiger partial charge in [-0.15, -0.1) is 0 Å². The lowest BCUT2D eigenvalue weighted by Gasteiger charge is -2.10. The molecule has 1 aromatic heterocycles. The largest absolute Gasteiger partial charge is 0.493 e. The molecule has 3 rings (SSSR count). The molecule has 0 radical (unpaired) electrons. The summed E-state index contributed by atoms with van der Waals surface area (Å²) >= 11 is 9.27. The van der Waals surface area contributed by atoms with E-state index in [-0.39, 0.29) is 18.2 Å². The van der Waals surface area contributed by atoms with Crippen LogP contribution in [0, 0.1) is 13.8 Å². The summed E-state index contributed by atoms with van der Waals surface area (Å²) in [5.74, 6) is -0.261. The first-order valence-corrected chi connectivity index (χ1v) is 10.6. The first-order valence-electron chi connectivity index (χ1n) is 9.45. The van der Waals surface area contributed by atoms with Gasteiger partial charge in [-0.05, 0) is 77.8 Å². The van der Waals surface area contributed by atoms with Crippen LogP contribution in [-0.4, -0.2) is 35.0 Å². The van der Waals surface area contributed by atoms with Crippen LogP contribution >= 0.6 is 27.5 Å². The highest BCUT2D eigenvalue weighted by atomic mass is 79.9. The van der Waals surface area contributed by atoms with E-state index in [9.17, 15) is 9.59 Å². The number of aromatic nitrogens is 2. The second-order valence-corrected chi connectivity index (χ2v) is 7.97. The second-order valence-electron chi connectivity index (χ2n) is 6.74. The van der Waals surface area contributed by atoms with Crippen LogP contribution in [0.5, 0.6) is 11.5 Å². The molecule has 0 aliphatic carbocycles. The molecule has 1 amide bonds. The van der Waals surface area contributed by atoms with E-state index in [0.717, 1.165) is 15.9 Å². The Morgan fingerprint density at radius 1 is 1.19 bits per heavy atom. The first kappa shape index (κ1) is 23.5. The summed E-state index contributed by atoms with van der Waals surface area (Å²) in [7, 11) is 1.46. The maximum Gasteiger partial charge on any atom is 0.343 e. The number of amides is 1. The van der Waals surface area contributed by atoms with Crippen molar-refractivity contribution in [3.8, 4) is 11.5 Å². The number of carbonyl (C=O) groups excluding carboxylic acids is 2. The summed E-state index contributed by atoms with van der Waals surface area (Å²) in [6.45, 7) is 3.76. The number of esters is 1. The molecular weight excluding hydrogens is 500 g/mol. The Balaban J connectivity index is 1.62. The number of hydrazone groups is 1. The van der Waals surface area contributed by atoms with Crippen LogP contribution in [0.4, 0.5) is 0 Å². The molecule has 0 aliphatic heterocycles. The van der Waals surface area contributed by atoms with E-state index in [1.165, 1.54) is 13.3 Å². The number of carbonyl (C=O) groups is 2. The van der Waals surface area contributed by atoms with Crippen molar-refractivity contribution in [3.05, 3.63) is 74.5 Å². The summed E-state index contributed by atoms with van der Waals surface area (Å²) in [5, 5.41) is 8.78. The van der Waals surface area contributed by atoms with Crippen molar-refractivity contribution in [1.82, 2.24) is 15.2 Å². The van der Waals surface area contributed by atoms with Crippen LogP contribution in [0.1, 0.15) is 27.3 Å². The van der Waals surface area contributed by atoms with Crippen molar-refractivity contribution in [2.75, 3.05) is 7.11 Å². The molecule has 1 N–H and O–H groups in total. The van der Waals surface area contributed by atoms with Gasteiger partial charge < -0.3 is 9.47 Å². The van der Waals surface area contributed by atoms with E-state index in [0.29, 0.717) is 21.9 Å². The Kier molecular flexibility index (Phi) is 7.66. The van der Waals surface area contributed by atoms with Gasteiger partial charge in [-0.1, -0.05) is 11.6 Å². The Morgan fingerprint density at radius 2 is 1.91 bits per heavy atom. The minimum atomic E-state index is -0.538. The highest BCUT2D eigenvalue weighted by Gasteiger charge is 2.13. The van der Waals surface area contributed by atoms with E-state index in [2.05, 4.69) is 31.6 Å². The lowest BCUT2D eigenvalue weighted by atomic mass is 10.2. The van der Waals surface area contributed by atoms with Crippen molar-refractivity contribution in [2.24, 2.45) is 5.10 Å². The summed E-state index contributed by atoms with van der Waals surface area (Å²) < 4.78 is 13.2.